The summed E-state index contributed by atoms with van der Waals surface area (Å²) in [4.78, 5) is 2.45. The van der Waals surface area contributed by atoms with E-state index in [4.69, 9.17) is 4.74 Å². The highest BCUT2D eigenvalue weighted by atomic mass is 16.5. The van der Waals surface area contributed by atoms with Gasteiger partial charge in [0.2, 0.25) is 0 Å². The van der Waals surface area contributed by atoms with Crippen LogP contribution in [-0.4, -0.2) is 24.6 Å². The maximum absolute atomic E-state index is 6.40. The van der Waals surface area contributed by atoms with Gasteiger partial charge in [0.25, 0.3) is 0 Å². The summed E-state index contributed by atoms with van der Waals surface area (Å²) < 4.78 is 6.40. The summed E-state index contributed by atoms with van der Waals surface area (Å²) in [5.74, 6) is 1.78. The molecule has 1 aliphatic carbocycles. The van der Waals surface area contributed by atoms with Gasteiger partial charge >= 0.3 is 0 Å². The van der Waals surface area contributed by atoms with Crippen LogP contribution in [0.1, 0.15) is 36.5 Å². The molecule has 2 aliphatic heterocycles. The number of allylic oxidation sites excluding steroid dienone is 1. The molecule has 1 spiro atoms. The van der Waals surface area contributed by atoms with E-state index in [0.717, 1.165) is 25.3 Å². The number of ether oxygens (including phenoxy) is 1. The molecular formula is C18H23NO. The van der Waals surface area contributed by atoms with Crippen LogP contribution in [0.4, 0.5) is 0 Å². The molecule has 1 aromatic rings. The predicted octanol–water partition coefficient (Wildman–Crippen LogP) is 3.43. The molecule has 0 fully saturated rings. The zero-order chi connectivity index (χ0) is 13.9. The molecule has 0 saturated heterocycles. The van der Waals surface area contributed by atoms with Gasteiger partial charge in [0.1, 0.15) is 11.9 Å². The normalized spacial score (nSPS) is 35.1. The number of benzene rings is 1. The van der Waals surface area contributed by atoms with Gasteiger partial charge in [0.15, 0.2) is 0 Å². The zero-order valence-corrected chi connectivity index (χ0v) is 12.6. The Bertz CT molecular complexity index is 591. The van der Waals surface area contributed by atoms with Crippen LogP contribution in [-0.2, 0) is 12.0 Å². The number of aryl methyl sites for hydroxylation is 1. The standard InChI is InChI=1S/C18H23NO/c1-12-4-5-18-6-7-19(3)11-14-8-13(2)9-15(17(14)18)20-16(18)10-12/h4-5,8-9,12,16H,6-7,10-11H2,1-3H3/t12-,16-,18-/m0/s1. The van der Waals surface area contributed by atoms with Crippen molar-refractivity contribution in [2.75, 3.05) is 13.6 Å². The lowest BCUT2D eigenvalue weighted by Gasteiger charge is -2.36. The summed E-state index contributed by atoms with van der Waals surface area (Å²) in [5, 5.41) is 0. The second-order valence-corrected chi connectivity index (χ2v) is 7.00. The minimum atomic E-state index is 0.135. The summed E-state index contributed by atoms with van der Waals surface area (Å²) in [5.41, 5.74) is 4.41. The molecule has 20 heavy (non-hydrogen) atoms. The molecule has 3 atom stereocenters. The van der Waals surface area contributed by atoms with Crippen LogP contribution in [0, 0.1) is 12.8 Å². The third-order valence-electron chi connectivity index (χ3n) is 5.29. The Morgan fingerprint density at radius 3 is 3.05 bits per heavy atom. The highest BCUT2D eigenvalue weighted by Crippen LogP contribution is 2.53. The largest absolute Gasteiger partial charge is 0.489 e. The van der Waals surface area contributed by atoms with Crippen molar-refractivity contribution in [3.05, 3.63) is 41.0 Å². The molecule has 0 N–H and O–H groups in total. The van der Waals surface area contributed by atoms with E-state index in [0.29, 0.717) is 12.0 Å². The lowest BCUT2D eigenvalue weighted by Crippen LogP contribution is -2.41. The lowest BCUT2D eigenvalue weighted by atomic mass is 9.68. The van der Waals surface area contributed by atoms with Gasteiger partial charge in [0, 0.05) is 12.1 Å². The first-order chi connectivity index (χ1) is 9.58. The van der Waals surface area contributed by atoms with Crippen LogP contribution in [0.15, 0.2) is 24.3 Å². The molecule has 2 nitrogen and oxygen atoms in total. The number of nitrogens with zero attached hydrogens (tertiary/aromatic N) is 1. The quantitative estimate of drug-likeness (QED) is 0.669. The Hall–Kier alpha value is -1.28. The summed E-state index contributed by atoms with van der Waals surface area (Å²) in [6.07, 6.45) is 7.54. The Morgan fingerprint density at radius 1 is 1.35 bits per heavy atom. The highest BCUT2D eigenvalue weighted by Gasteiger charge is 2.51. The van der Waals surface area contributed by atoms with E-state index in [-0.39, 0.29) is 5.41 Å². The van der Waals surface area contributed by atoms with E-state index in [2.05, 4.69) is 50.1 Å². The predicted molar refractivity (Wildman–Crippen MR) is 81.1 cm³/mol. The van der Waals surface area contributed by atoms with Crippen molar-refractivity contribution in [3.8, 4) is 5.75 Å². The third-order valence-corrected chi connectivity index (χ3v) is 5.29. The maximum Gasteiger partial charge on any atom is 0.124 e. The smallest absolute Gasteiger partial charge is 0.124 e. The van der Waals surface area contributed by atoms with Gasteiger partial charge in [-0.25, -0.2) is 0 Å². The van der Waals surface area contributed by atoms with Gasteiger partial charge in [-0.1, -0.05) is 25.1 Å². The molecule has 106 valence electrons. The Balaban J connectivity index is 1.95. The first-order valence-electron chi connectivity index (χ1n) is 7.77. The van der Waals surface area contributed by atoms with Crippen molar-refractivity contribution in [2.24, 2.45) is 5.92 Å². The molecule has 0 aromatic heterocycles. The minimum Gasteiger partial charge on any atom is -0.489 e. The summed E-state index contributed by atoms with van der Waals surface area (Å²) in [6, 6.07) is 4.60. The van der Waals surface area contributed by atoms with Gasteiger partial charge in [-0.05, 0) is 56.5 Å². The van der Waals surface area contributed by atoms with Crippen molar-refractivity contribution in [3.63, 3.8) is 0 Å². The average Bonchev–Trinajstić information content (AvgIpc) is 2.61. The van der Waals surface area contributed by atoms with E-state index < -0.39 is 0 Å². The van der Waals surface area contributed by atoms with Crippen LogP contribution in [0.25, 0.3) is 0 Å². The van der Waals surface area contributed by atoms with E-state index >= 15 is 0 Å². The Morgan fingerprint density at radius 2 is 2.20 bits per heavy atom. The van der Waals surface area contributed by atoms with Crippen LogP contribution >= 0.6 is 0 Å². The number of hydrogen-bond acceptors (Lipinski definition) is 2. The van der Waals surface area contributed by atoms with Crippen molar-refractivity contribution >= 4 is 0 Å². The van der Waals surface area contributed by atoms with E-state index in [9.17, 15) is 0 Å². The van der Waals surface area contributed by atoms with Crippen LogP contribution in [0.5, 0.6) is 5.75 Å². The van der Waals surface area contributed by atoms with E-state index in [1.54, 1.807) is 0 Å². The second-order valence-electron chi connectivity index (χ2n) is 7.00. The fraction of sp³-hybridized carbons (Fsp3) is 0.556. The van der Waals surface area contributed by atoms with E-state index in [1.807, 2.05) is 0 Å². The first kappa shape index (κ1) is 12.5. The molecule has 1 aromatic carbocycles. The Labute approximate surface area is 121 Å². The molecule has 3 aliphatic rings. The van der Waals surface area contributed by atoms with Gasteiger partial charge in [-0.15, -0.1) is 0 Å². The minimum absolute atomic E-state index is 0.135. The van der Waals surface area contributed by atoms with Crippen molar-refractivity contribution in [2.45, 2.75) is 44.8 Å². The molecule has 0 bridgehead atoms. The fourth-order valence-corrected chi connectivity index (χ4v) is 4.31. The maximum atomic E-state index is 6.40. The second kappa shape index (κ2) is 4.11. The van der Waals surface area contributed by atoms with E-state index in [1.165, 1.54) is 23.1 Å². The summed E-state index contributed by atoms with van der Waals surface area (Å²) in [7, 11) is 2.23. The fourth-order valence-electron chi connectivity index (χ4n) is 4.31. The SMILES string of the molecule is Cc1cc2c3c(c1)O[C@H]1C[C@@H](C)C=C[C@@]31CCN(C)C2. The average molecular weight is 269 g/mol. The first-order valence-corrected chi connectivity index (χ1v) is 7.77. The van der Waals surface area contributed by atoms with Crippen molar-refractivity contribution in [1.82, 2.24) is 4.90 Å². The van der Waals surface area contributed by atoms with Crippen LogP contribution < -0.4 is 4.74 Å². The molecule has 2 heteroatoms. The van der Waals surface area contributed by atoms with Crippen LogP contribution in [0.2, 0.25) is 0 Å². The molecule has 2 heterocycles. The highest BCUT2D eigenvalue weighted by molar-refractivity contribution is 5.56. The summed E-state index contributed by atoms with van der Waals surface area (Å²) in [6.45, 7) is 6.67. The van der Waals surface area contributed by atoms with Crippen LogP contribution in [0.3, 0.4) is 0 Å². The van der Waals surface area contributed by atoms with Gasteiger partial charge in [-0.3, -0.25) is 0 Å². The van der Waals surface area contributed by atoms with Gasteiger partial charge in [0.05, 0.1) is 5.41 Å². The number of hydrogen-bond donors (Lipinski definition) is 0. The molecule has 4 rings (SSSR count). The zero-order valence-electron chi connectivity index (χ0n) is 12.6. The van der Waals surface area contributed by atoms with Gasteiger partial charge < -0.3 is 9.64 Å². The number of rotatable bonds is 0. The molecule has 0 unspecified atom stereocenters. The molecule has 0 radical (unpaired) electrons. The molecule has 0 saturated carbocycles. The monoisotopic (exact) mass is 269 g/mol. The van der Waals surface area contributed by atoms with Crippen molar-refractivity contribution < 1.29 is 4.74 Å². The summed E-state index contributed by atoms with van der Waals surface area (Å²) >= 11 is 0. The topological polar surface area (TPSA) is 12.5 Å². The van der Waals surface area contributed by atoms with Gasteiger partial charge in [-0.2, -0.15) is 0 Å². The Kier molecular flexibility index (Phi) is 2.56. The lowest BCUT2D eigenvalue weighted by molar-refractivity contribution is 0.129. The molecular weight excluding hydrogens is 246 g/mol. The molecule has 0 amide bonds. The van der Waals surface area contributed by atoms with Crippen molar-refractivity contribution in [1.29, 1.82) is 0 Å². The third kappa shape index (κ3) is 1.61.